The minimum atomic E-state index is -1.36. The minimum Gasteiger partial charge on any atom is -0.427 e. The monoisotopic (exact) mass is 173 g/mol. The normalized spacial score (nSPS) is 12.8. The van der Waals surface area contributed by atoms with E-state index in [9.17, 15) is 4.79 Å². The third-order valence-corrected chi connectivity index (χ3v) is 1.66. The minimum absolute atomic E-state index is 0.144. The highest BCUT2D eigenvalue weighted by molar-refractivity contribution is 6.41. The number of carbonyl (C=O) groups excluding carboxylic acids is 1. The molecule has 5 heteroatoms. The first-order valence-corrected chi connectivity index (χ1v) is 4.06. The summed E-state index contributed by atoms with van der Waals surface area (Å²) in [4.78, 5) is 10.7. The summed E-state index contributed by atoms with van der Waals surface area (Å²) in [5, 5.41) is 20.0. The average Bonchev–Trinajstić information content (AvgIpc) is 1.83. The van der Waals surface area contributed by atoms with E-state index in [1.165, 1.54) is 6.92 Å². The molecule has 12 heavy (non-hydrogen) atoms. The van der Waals surface area contributed by atoms with Crippen LogP contribution in [0.1, 0.15) is 20.8 Å². The Bertz CT molecular complexity index is 150. The van der Waals surface area contributed by atoms with Gasteiger partial charge in [0.15, 0.2) is 0 Å². The van der Waals surface area contributed by atoms with Crippen LogP contribution in [0.15, 0.2) is 0 Å². The van der Waals surface area contributed by atoms with E-state index in [0.717, 1.165) is 0 Å². The molecular formula is C7H16BNO3. The van der Waals surface area contributed by atoms with E-state index in [0.29, 0.717) is 0 Å². The Balaban J connectivity index is 3.95. The second kappa shape index (κ2) is 5.16. The number of hydrogen-bond acceptors (Lipinski definition) is 3. The molecule has 0 fully saturated rings. The first-order chi connectivity index (χ1) is 5.43. The van der Waals surface area contributed by atoms with E-state index < -0.39 is 7.12 Å². The van der Waals surface area contributed by atoms with Gasteiger partial charge in [-0.3, -0.25) is 4.79 Å². The third-order valence-electron chi connectivity index (χ3n) is 1.66. The predicted octanol–water partition coefficient (Wildman–Crippen LogP) is -0.380. The van der Waals surface area contributed by atoms with E-state index in [-0.39, 0.29) is 24.2 Å². The standard InChI is InChI=1S/C7H16BNO3/c1-5(2)7(4-8(11)12)9-6(3)10/h5,7,11-12H,4H2,1-3H3,(H,9,10). The van der Waals surface area contributed by atoms with E-state index in [2.05, 4.69) is 5.32 Å². The Morgan fingerprint density at radius 2 is 2.00 bits per heavy atom. The van der Waals surface area contributed by atoms with Crippen molar-refractivity contribution in [3.8, 4) is 0 Å². The molecule has 1 atom stereocenters. The molecule has 1 unspecified atom stereocenters. The van der Waals surface area contributed by atoms with E-state index in [4.69, 9.17) is 10.0 Å². The lowest BCUT2D eigenvalue weighted by Gasteiger charge is -2.20. The number of hydrogen-bond donors (Lipinski definition) is 3. The van der Waals surface area contributed by atoms with Crippen LogP contribution < -0.4 is 5.32 Å². The highest BCUT2D eigenvalue weighted by atomic mass is 16.4. The van der Waals surface area contributed by atoms with Crippen molar-refractivity contribution in [1.82, 2.24) is 5.32 Å². The van der Waals surface area contributed by atoms with E-state index >= 15 is 0 Å². The zero-order chi connectivity index (χ0) is 9.72. The molecule has 1 amide bonds. The first kappa shape index (κ1) is 11.5. The number of amides is 1. The number of rotatable bonds is 4. The van der Waals surface area contributed by atoms with Crippen LogP contribution in [0.4, 0.5) is 0 Å². The van der Waals surface area contributed by atoms with Gasteiger partial charge in [0.25, 0.3) is 0 Å². The molecule has 0 aromatic rings. The molecule has 0 aliphatic heterocycles. The van der Waals surface area contributed by atoms with Gasteiger partial charge in [0, 0.05) is 19.3 Å². The van der Waals surface area contributed by atoms with Gasteiger partial charge in [-0.2, -0.15) is 0 Å². The molecular weight excluding hydrogens is 157 g/mol. The van der Waals surface area contributed by atoms with Gasteiger partial charge in [0.05, 0.1) is 0 Å². The van der Waals surface area contributed by atoms with Crippen molar-refractivity contribution < 1.29 is 14.8 Å². The summed E-state index contributed by atoms with van der Waals surface area (Å²) in [5.74, 6) is 0.0602. The maximum Gasteiger partial charge on any atom is 0.453 e. The van der Waals surface area contributed by atoms with Gasteiger partial charge in [-0.15, -0.1) is 0 Å². The molecule has 3 N–H and O–H groups in total. The zero-order valence-corrected chi connectivity index (χ0v) is 7.74. The van der Waals surface area contributed by atoms with E-state index in [1.54, 1.807) is 0 Å². The van der Waals surface area contributed by atoms with Crippen LogP contribution in [0.5, 0.6) is 0 Å². The van der Waals surface area contributed by atoms with Crippen molar-refractivity contribution in [2.24, 2.45) is 5.92 Å². The van der Waals surface area contributed by atoms with Crippen molar-refractivity contribution >= 4 is 13.0 Å². The molecule has 0 saturated heterocycles. The SMILES string of the molecule is CC(=O)NC(CB(O)O)C(C)C. The second-order valence-electron chi connectivity index (χ2n) is 3.27. The zero-order valence-electron chi connectivity index (χ0n) is 7.74. The summed E-state index contributed by atoms with van der Waals surface area (Å²) in [7, 11) is -1.36. The van der Waals surface area contributed by atoms with Crippen LogP contribution in [0, 0.1) is 5.92 Å². The lowest BCUT2D eigenvalue weighted by Crippen LogP contribution is -2.40. The molecule has 0 aliphatic rings. The summed E-state index contributed by atoms with van der Waals surface area (Å²) in [6.07, 6.45) is 0.178. The van der Waals surface area contributed by atoms with Gasteiger partial charge in [0.2, 0.25) is 5.91 Å². The average molecular weight is 173 g/mol. The number of carbonyl (C=O) groups is 1. The van der Waals surface area contributed by atoms with Crippen LogP contribution in [-0.4, -0.2) is 29.1 Å². The molecule has 0 aromatic carbocycles. The van der Waals surface area contributed by atoms with Gasteiger partial charge in [-0.1, -0.05) is 13.8 Å². The van der Waals surface area contributed by atoms with Crippen molar-refractivity contribution in [1.29, 1.82) is 0 Å². The molecule has 0 bridgehead atoms. The van der Waals surface area contributed by atoms with Crippen molar-refractivity contribution in [3.05, 3.63) is 0 Å². The molecule has 0 radical (unpaired) electrons. The fraction of sp³-hybridized carbons (Fsp3) is 0.857. The molecule has 0 rings (SSSR count). The predicted molar refractivity (Wildman–Crippen MR) is 47.4 cm³/mol. The quantitative estimate of drug-likeness (QED) is 0.507. The Hall–Kier alpha value is -0.545. The third kappa shape index (κ3) is 5.15. The maximum absolute atomic E-state index is 10.7. The fourth-order valence-electron chi connectivity index (χ4n) is 0.986. The molecule has 0 saturated carbocycles. The highest BCUT2D eigenvalue weighted by Gasteiger charge is 2.20. The van der Waals surface area contributed by atoms with Crippen LogP contribution in [0.3, 0.4) is 0 Å². The molecule has 0 aliphatic carbocycles. The fourth-order valence-corrected chi connectivity index (χ4v) is 0.986. The van der Waals surface area contributed by atoms with Crippen molar-refractivity contribution in [2.75, 3.05) is 0 Å². The topological polar surface area (TPSA) is 69.6 Å². The molecule has 0 aromatic heterocycles. The molecule has 4 nitrogen and oxygen atoms in total. The lowest BCUT2D eigenvalue weighted by atomic mass is 9.78. The first-order valence-electron chi connectivity index (χ1n) is 4.06. The highest BCUT2D eigenvalue weighted by Crippen LogP contribution is 2.07. The van der Waals surface area contributed by atoms with Crippen molar-refractivity contribution in [3.63, 3.8) is 0 Å². The van der Waals surface area contributed by atoms with Crippen molar-refractivity contribution in [2.45, 2.75) is 33.1 Å². The van der Waals surface area contributed by atoms with Crippen LogP contribution >= 0.6 is 0 Å². The summed E-state index contributed by atoms with van der Waals surface area (Å²) >= 11 is 0. The Kier molecular flexibility index (Phi) is 4.93. The second-order valence-corrected chi connectivity index (χ2v) is 3.27. The van der Waals surface area contributed by atoms with Gasteiger partial charge < -0.3 is 15.4 Å². The van der Waals surface area contributed by atoms with Gasteiger partial charge >= 0.3 is 7.12 Å². The smallest absolute Gasteiger partial charge is 0.427 e. The van der Waals surface area contributed by atoms with Crippen LogP contribution in [0.2, 0.25) is 6.32 Å². The van der Waals surface area contributed by atoms with Gasteiger partial charge in [-0.05, 0) is 5.92 Å². The largest absolute Gasteiger partial charge is 0.453 e. The Morgan fingerprint density at radius 3 is 2.25 bits per heavy atom. The lowest BCUT2D eigenvalue weighted by molar-refractivity contribution is -0.119. The number of nitrogens with one attached hydrogen (secondary N) is 1. The van der Waals surface area contributed by atoms with E-state index in [1.807, 2.05) is 13.8 Å². The summed E-state index contributed by atoms with van der Waals surface area (Å²) in [5.41, 5.74) is 0. The van der Waals surface area contributed by atoms with Gasteiger partial charge in [-0.25, -0.2) is 0 Å². The van der Waals surface area contributed by atoms with Crippen LogP contribution in [-0.2, 0) is 4.79 Å². The summed E-state index contributed by atoms with van der Waals surface area (Å²) in [6, 6.07) is -0.164. The summed E-state index contributed by atoms with van der Waals surface area (Å²) in [6.45, 7) is 5.26. The Labute approximate surface area is 73.1 Å². The summed E-state index contributed by atoms with van der Waals surface area (Å²) < 4.78 is 0. The Morgan fingerprint density at radius 1 is 1.50 bits per heavy atom. The molecule has 0 spiro atoms. The van der Waals surface area contributed by atoms with Crippen LogP contribution in [0.25, 0.3) is 0 Å². The maximum atomic E-state index is 10.7. The van der Waals surface area contributed by atoms with Gasteiger partial charge in [0.1, 0.15) is 0 Å². The molecule has 0 heterocycles. The molecule has 70 valence electrons.